The first-order valence-electron chi connectivity index (χ1n) is 17.8. The zero-order valence-corrected chi connectivity index (χ0v) is 31.9. The minimum atomic E-state index is 0.00187. The van der Waals surface area contributed by atoms with Crippen LogP contribution in [0.2, 0.25) is 0 Å². The lowest BCUT2D eigenvalue weighted by Crippen LogP contribution is -2.33. The van der Waals surface area contributed by atoms with Crippen molar-refractivity contribution in [2.75, 3.05) is 0 Å². The SMILES string of the molecule is Cc1c(C)[n+](-c2cc(C(C)(C)C)cc(C(C)(C)C)c2)[c-]n1-c1cncc(Oc2ccc3c4ccccc4n(-c4cc(C(C)(C)C)ccn4)c3c2)c1. The first-order chi connectivity index (χ1) is 24.0. The molecule has 6 heteroatoms. The summed E-state index contributed by atoms with van der Waals surface area (Å²) in [5.41, 5.74) is 10.2. The Labute approximate surface area is 302 Å². The largest absolute Gasteiger partial charge is 0.456 e. The molecule has 0 spiro atoms. The third kappa shape index (κ3) is 6.44. The summed E-state index contributed by atoms with van der Waals surface area (Å²) in [5.74, 6) is 2.27. The standard InChI is InChI=1S/C45H49N5O/c1-29-30(2)49(28-48(29)34-21-32(44(6,7)8)20-33(22-34)45(9,10)11)35-24-37(27-46-26-35)51-36-16-17-39-38-14-12-13-15-40(38)50(41(39)25-36)42-23-31(18-19-47-42)43(3,4)5/h12-27H,1-11H3. The third-order valence-corrected chi connectivity index (χ3v) is 9.98. The van der Waals surface area contributed by atoms with Crippen molar-refractivity contribution in [1.82, 2.24) is 19.1 Å². The highest BCUT2D eigenvalue weighted by molar-refractivity contribution is 6.09. The van der Waals surface area contributed by atoms with Crippen LogP contribution in [-0.4, -0.2) is 19.1 Å². The maximum atomic E-state index is 6.55. The third-order valence-electron chi connectivity index (χ3n) is 9.98. The average Bonchev–Trinajstić information content (AvgIpc) is 3.56. The molecule has 3 aromatic carbocycles. The van der Waals surface area contributed by atoms with E-state index >= 15 is 0 Å². The maximum Gasteiger partial charge on any atom is 0.269 e. The Bertz CT molecular complexity index is 2390. The van der Waals surface area contributed by atoms with E-state index in [9.17, 15) is 0 Å². The smallest absolute Gasteiger partial charge is 0.269 e. The molecule has 0 aliphatic rings. The van der Waals surface area contributed by atoms with Crippen molar-refractivity contribution >= 4 is 21.8 Å². The molecule has 0 bridgehead atoms. The van der Waals surface area contributed by atoms with E-state index in [-0.39, 0.29) is 16.2 Å². The summed E-state index contributed by atoms with van der Waals surface area (Å²) in [7, 11) is 0. The van der Waals surface area contributed by atoms with E-state index in [0.717, 1.165) is 50.7 Å². The van der Waals surface area contributed by atoms with Gasteiger partial charge in [-0.25, -0.2) is 4.98 Å². The summed E-state index contributed by atoms with van der Waals surface area (Å²) in [6.07, 6.45) is 9.17. The molecule has 4 aromatic heterocycles. The Balaban J connectivity index is 1.27. The van der Waals surface area contributed by atoms with Gasteiger partial charge in [0, 0.05) is 29.2 Å². The minimum Gasteiger partial charge on any atom is -0.456 e. The quantitative estimate of drug-likeness (QED) is 0.135. The number of para-hydroxylation sites is 1. The lowest BCUT2D eigenvalue weighted by Gasteiger charge is -2.26. The zero-order chi connectivity index (χ0) is 36.5. The minimum absolute atomic E-state index is 0.00187. The van der Waals surface area contributed by atoms with E-state index < -0.39 is 0 Å². The van der Waals surface area contributed by atoms with E-state index in [2.05, 4.69) is 168 Å². The van der Waals surface area contributed by atoms with E-state index in [1.165, 1.54) is 22.1 Å². The first-order valence-corrected chi connectivity index (χ1v) is 17.8. The average molecular weight is 676 g/mol. The van der Waals surface area contributed by atoms with Crippen LogP contribution >= 0.6 is 0 Å². The van der Waals surface area contributed by atoms with Crippen molar-refractivity contribution in [3.05, 3.63) is 132 Å². The summed E-state index contributed by atoms with van der Waals surface area (Å²) in [6, 6.07) is 28.0. The van der Waals surface area contributed by atoms with Crippen molar-refractivity contribution in [3.8, 4) is 28.7 Å². The number of hydrogen-bond donors (Lipinski definition) is 0. The fraction of sp³-hybridized carbons (Fsp3) is 0.311. The number of nitrogens with zero attached hydrogens (tertiary/aromatic N) is 5. The fourth-order valence-corrected chi connectivity index (χ4v) is 6.67. The number of hydrogen-bond acceptors (Lipinski definition) is 3. The lowest BCUT2D eigenvalue weighted by molar-refractivity contribution is -0.606. The van der Waals surface area contributed by atoms with Crippen LogP contribution in [0, 0.1) is 20.2 Å². The molecule has 0 aliphatic heterocycles. The Kier molecular flexibility index (Phi) is 8.20. The molecule has 0 atom stereocenters. The molecule has 0 saturated carbocycles. The molecule has 0 saturated heterocycles. The highest BCUT2D eigenvalue weighted by Crippen LogP contribution is 2.36. The summed E-state index contributed by atoms with van der Waals surface area (Å²) >= 11 is 0. The van der Waals surface area contributed by atoms with Gasteiger partial charge >= 0.3 is 0 Å². The summed E-state index contributed by atoms with van der Waals surface area (Å²) in [4.78, 5) is 9.44. The molecule has 260 valence electrons. The van der Waals surface area contributed by atoms with E-state index in [1.807, 2.05) is 24.5 Å². The molecule has 0 fully saturated rings. The fourth-order valence-electron chi connectivity index (χ4n) is 6.67. The molecule has 0 unspecified atom stereocenters. The van der Waals surface area contributed by atoms with Crippen LogP contribution in [0.4, 0.5) is 0 Å². The van der Waals surface area contributed by atoms with Gasteiger partial charge < -0.3 is 4.74 Å². The molecule has 51 heavy (non-hydrogen) atoms. The predicted molar refractivity (Wildman–Crippen MR) is 208 cm³/mol. The molecule has 0 N–H and O–H groups in total. The van der Waals surface area contributed by atoms with Crippen LogP contribution in [0.5, 0.6) is 11.5 Å². The highest BCUT2D eigenvalue weighted by atomic mass is 16.5. The molecular formula is C45H49N5O. The summed E-state index contributed by atoms with van der Waals surface area (Å²) < 4.78 is 13.0. The van der Waals surface area contributed by atoms with Gasteiger partial charge in [0.15, 0.2) is 0 Å². The topological polar surface area (TPSA) is 48.8 Å². The van der Waals surface area contributed by atoms with Gasteiger partial charge in [-0.1, -0.05) is 86.6 Å². The number of fused-ring (bicyclic) bond motifs is 3. The molecule has 7 rings (SSSR count). The van der Waals surface area contributed by atoms with Crippen LogP contribution in [0.15, 0.2) is 97.5 Å². The molecule has 6 nitrogen and oxygen atoms in total. The number of pyridine rings is 2. The molecule has 0 amide bonds. The number of imidazole rings is 1. The Morgan fingerprint density at radius 2 is 1.31 bits per heavy atom. The second kappa shape index (κ2) is 12.2. The van der Waals surface area contributed by atoms with Crippen LogP contribution in [0.1, 0.15) is 90.4 Å². The van der Waals surface area contributed by atoms with Gasteiger partial charge in [0.1, 0.15) is 17.3 Å². The van der Waals surface area contributed by atoms with Crippen LogP contribution < -0.4 is 9.30 Å². The van der Waals surface area contributed by atoms with Gasteiger partial charge in [-0.05, 0) is 95.3 Å². The van der Waals surface area contributed by atoms with Crippen molar-refractivity contribution in [1.29, 1.82) is 0 Å². The van der Waals surface area contributed by atoms with E-state index in [4.69, 9.17) is 9.72 Å². The van der Waals surface area contributed by atoms with Crippen LogP contribution in [0.3, 0.4) is 0 Å². The molecule has 0 radical (unpaired) electrons. The summed E-state index contributed by atoms with van der Waals surface area (Å²) in [6.45, 7) is 24.6. The first kappa shape index (κ1) is 34.2. The Hall–Kier alpha value is -5.23. The van der Waals surface area contributed by atoms with Gasteiger partial charge in [0.05, 0.1) is 40.0 Å². The van der Waals surface area contributed by atoms with Crippen molar-refractivity contribution < 1.29 is 9.30 Å². The predicted octanol–water partition coefficient (Wildman–Crippen LogP) is 10.7. The Morgan fingerprint density at radius 3 is 2.00 bits per heavy atom. The number of aromatic nitrogens is 5. The van der Waals surface area contributed by atoms with E-state index in [1.54, 1.807) is 6.20 Å². The second-order valence-corrected chi connectivity index (χ2v) is 16.9. The van der Waals surface area contributed by atoms with Crippen molar-refractivity contribution in [2.45, 2.75) is 92.4 Å². The van der Waals surface area contributed by atoms with Crippen LogP contribution in [-0.2, 0) is 16.2 Å². The van der Waals surface area contributed by atoms with Crippen molar-refractivity contribution in [2.24, 2.45) is 0 Å². The monoisotopic (exact) mass is 675 g/mol. The number of rotatable bonds is 5. The molecular weight excluding hydrogens is 627 g/mol. The lowest BCUT2D eigenvalue weighted by atomic mass is 9.80. The highest BCUT2D eigenvalue weighted by Gasteiger charge is 2.23. The van der Waals surface area contributed by atoms with Crippen LogP contribution in [0.25, 0.3) is 39.0 Å². The van der Waals surface area contributed by atoms with Gasteiger partial charge in [0.2, 0.25) is 0 Å². The molecule has 0 aliphatic carbocycles. The van der Waals surface area contributed by atoms with Crippen molar-refractivity contribution in [3.63, 3.8) is 0 Å². The second-order valence-electron chi connectivity index (χ2n) is 16.9. The molecule has 7 aromatic rings. The van der Waals surface area contributed by atoms with E-state index in [0.29, 0.717) is 5.75 Å². The van der Waals surface area contributed by atoms with Gasteiger partial charge in [-0.2, -0.15) is 0 Å². The zero-order valence-electron chi connectivity index (χ0n) is 31.9. The summed E-state index contributed by atoms with van der Waals surface area (Å²) in [5, 5.41) is 2.33. The maximum absolute atomic E-state index is 6.55. The number of ether oxygens (including phenoxy) is 1. The molecule has 4 heterocycles. The number of benzene rings is 3. The normalized spacial score (nSPS) is 12.6. The van der Waals surface area contributed by atoms with Gasteiger partial charge in [-0.15, -0.1) is 0 Å². The van der Waals surface area contributed by atoms with Gasteiger partial charge in [-0.3, -0.25) is 18.7 Å². The Morgan fingerprint density at radius 1 is 0.647 bits per heavy atom. The van der Waals surface area contributed by atoms with Gasteiger partial charge in [0.25, 0.3) is 6.33 Å².